The van der Waals surface area contributed by atoms with Crippen molar-refractivity contribution in [2.75, 3.05) is 13.1 Å². The lowest BCUT2D eigenvalue weighted by molar-refractivity contribution is -0.0223. The van der Waals surface area contributed by atoms with Crippen LogP contribution in [0.4, 0.5) is 0 Å². The fourth-order valence-corrected chi connectivity index (χ4v) is 2.86. The minimum absolute atomic E-state index is 0.189. The predicted octanol–water partition coefficient (Wildman–Crippen LogP) is 1.28. The van der Waals surface area contributed by atoms with Crippen molar-refractivity contribution in [3.63, 3.8) is 0 Å². The van der Waals surface area contributed by atoms with Gasteiger partial charge in [0.05, 0.1) is 16.9 Å². The number of piperidine rings is 1. The van der Waals surface area contributed by atoms with Crippen LogP contribution in [-0.4, -0.2) is 28.0 Å². The first kappa shape index (κ1) is 11.9. The Morgan fingerprint density at radius 3 is 2.94 bits per heavy atom. The molecule has 0 radical (unpaired) electrons. The van der Waals surface area contributed by atoms with E-state index in [0.717, 1.165) is 25.9 Å². The Morgan fingerprint density at radius 2 is 2.44 bits per heavy atom. The maximum absolute atomic E-state index is 10.7. The van der Waals surface area contributed by atoms with Crippen LogP contribution < -0.4 is 5.32 Å². The Bertz CT molecular complexity index is 350. The van der Waals surface area contributed by atoms with E-state index in [1.807, 2.05) is 14.0 Å². The van der Waals surface area contributed by atoms with Crippen molar-refractivity contribution in [1.29, 1.82) is 0 Å². The SMILES string of the molecule is Cn1ncc(Cl)c1C(C)(O)C1CCCNC1. The van der Waals surface area contributed by atoms with Crippen molar-refractivity contribution in [2.45, 2.75) is 25.4 Å². The molecule has 0 aromatic carbocycles. The predicted molar refractivity (Wildman–Crippen MR) is 63.4 cm³/mol. The summed E-state index contributed by atoms with van der Waals surface area (Å²) >= 11 is 6.09. The van der Waals surface area contributed by atoms with Gasteiger partial charge in [0, 0.05) is 19.5 Å². The molecule has 2 heterocycles. The monoisotopic (exact) mass is 243 g/mol. The van der Waals surface area contributed by atoms with Crippen LogP contribution in [0.25, 0.3) is 0 Å². The number of aryl methyl sites for hydroxylation is 1. The smallest absolute Gasteiger partial charge is 0.109 e. The topological polar surface area (TPSA) is 50.1 Å². The molecule has 2 rings (SSSR count). The number of hydrogen-bond acceptors (Lipinski definition) is 3. The largest absolute Gasteiger partial charge is 0.383 e. The van der Waals surface area contributed by atoms with Crippen molar-refractivity contribution in [2.24, 2.45) is 13.0 Å². The molecule has 4 nitrogen and oxygen atoms in total. The highest BCUT2D eigenvalue weighted by molar-refractivity contribution is 6.31. The van der Waals surface area contributed by atoms with Gasteiger partial charge in [0.2, 0.25) is 0 Å². The number of aliphatic hydroxyl groups is 1. The molecule has 1 aliphatic rings. The number of hydrogen-bond donors (Lipinski definition) is 2. The van der Waals surface area contributed by atoms with Gasteiger partial charge in [-0.25, -0.2) is 0 Å². The van der Waals surface area contributed by atoms with E-state index < -0.39 is 5.60 Å². The zero-order valence-corrected chi connectivity index (χ0v) is 10.5. The van der Waals surface area contributed by atoms with Crippen LogP contribution in [0.2, 0.25) is 5.02 Å². The minimum Gasteiger partial charge on any atom is -0.383 e. The third-order valence-corrected chi connectivity index (χ3v) is 3.74. The minimum atomic E-state index is -0.921. The normalized spacial score (nSPS) is 25.4. The molecule has 5 heteroatoms. The van der Waals surface area contributed by atoms with Crippen LogP contribution in [0.1, 0.15) is 25.5 Å². The molecule has 2 N–H and O–H groups in total. The van der Waals surface area contributed by atoms with Crippen LogP contribution in [0.15, 0.2) is 6.20 Å². The van der Waals surface area contributed by atoms with Crippen molar-refractivity contribution < 1.29 is 5.11 Å². The van der Waals surface area contributed by atoms with E-state index in [2.05, 4.69) is 10.4 Å². The molecule has 1 fully saturated rings. The van der Waals surface area contributed by atoms with Gasteiger partial charge in [-0.1, -0.05) is 11.6 Å². The van der Waals surface area contributed by atoms with Gasteiger partial charge < -0.3 is 10.4 Å². The van der Waals surface area contributed by atoms with E-state index in [1.54, 1.807) is 10.9 Å². The summed E-state index contributed by atoms with van der Waals surface area (Å²) in [5, 5.41) is 18.6. The van der Waals surface area contributed by atoms with Gasteiger partial charge in [-0.15, -0.1) is 0 Å². The number of halogens is 1. The second-order valence-electron chi connectivity index (χ2n) is 4.66. The first-order chi connectivity index (χ1) is 7.53. The zero-order valence-electron chi connectivity index (χ0n) is 9.70. The summed E-state index contributed by atoms with van der Waals surface area (Å²) < 4.78 is 1.66. The zero-order chi connectivity index (χ0) is 11.8. The number of nitrogens with zero attached hydrogens (tertiary/aromatic N) is 2. The number of rotatable bonds is 2. The molecule has 16 heavy (non-hydrogen) atoms. The number of nitrogens with one attached hydrogen (secondary N) is 1. The molecule has 0 bridgehead atoms. The first-order valence-corrected chi connectivity index (χ1v) is 6.02. The summed E-state index contributed by atoms with van der Waals surface area (Å²) in [6.07, 6.45) is 3.69. The van der Waals surface area contributed by atoms with Crippen LogP contribution in [0, 0.1) is 5.92 Å². The summed E-state index contributed by atoms with van der Waals surface area (Å²) in [5.74, 6) is 0.189. The van der Waals surface area contributed by atoms with Gasteiger partial charge >= 0.3 is 0 Å². The van der Waals surface area contributed by atoms with Gasteiger partial charge in [0.15, 0.2) is 0 Å². The molecule has 2 unspecified atom stereocenters. The first-order valence-electron chi connectivity index (χ1n) is 5.64. The Hall–Kier alpha value is -0.580. The quantitative estimate of drug-likeness (QED) is 0.823. The molecule has 1 saturated heterocycles. The Balaban J connectivity index is 2.29. The lowest BCUT2D eigenvalue weighted by atomic mass is 9.81. The van der Waals surface area contributed by atoms with Gasteiger partial charge in [-0.2, -0.15) is 5.10 Å². The maximum Gasteiger partial charge on any atom is 0.109 e. The molecular formula is C11H18ClN3O. The summed E-state index contributed by atoms with van der Waals surface area (Å²) in [5.41, 5.74) is -0.210. The Labute approximate surface area is 101 Å². The molecule has 0 saturated carbocycles. The standard InChI is InChI=1S/C11H18ClN3O/c1-11(16,8-4-3-5-13-6-8)10-9(12)7-14-15(10)2/h7-8,13,16H,3-6H2,1-2H3. The summed E-state index contributed by atoms with van der Waals surface area (Å²) in [6.45, 7) is 3.69. The Kier molecular flexibility index (Phi) is 3.24. The summed E-state index contributed by atoms with van der Waals surface area (Å²) in [6, 6.07) is 0. The molecule has 0 aliphatic carbocycles. The van der Waals surface area contributed by atoms with Crippen LogP contribution in [-0.2, 0) is 12.6 Å². The van der Waals surface area contributed by atoms with Gasteiger partial charge in [0.25, 0.3) is 0 Å². The fourth-order valence-electron chi connectivity index (χ4n) is 2.51. The van der Waals surface area contributed by atoms with E-state index in [1.165, 1.54) is 0 Å². The van der Waals surface area contributed by atoms with Crippen molar-refractivity contribution >= 4 is 11.6 Å². The van der Waals surface area contributed by atoms with Gasteiger partial charge in [0.1, 0.15) is 5.60 Å². The van der Waals surface area contributed by atoms with Gasteiger partial charge in [-0.05, 0) is 26.3 Å². The fraction of sp³-hybridized carbons (Fsp3) is 0.727. The molecule has 2 atom stereocenters. The van der Waals surface area contributed by atoms with Crippen molar-refractivity contribution in [1.82, 2.24) is 15.1 Å². The van der Waals surface area contributed by atoms with Crippen LogP contribution in [0.3, 0.4) is 0 Å². The molecule has 0 spiro atoms. The number of aromatic nitrogens is 2. The second kappa shape index (κ2) is 4.35. The van der Waals surface area contributed by atoms with Crippen molar-refractivity contribution in [3.05, 3.63) is 16.9 Å². The highest BCUT2D eigenvalue weighted by Crippen LogP contribution is 2.36. The highest BCUT2D eigenvalue weighted by atomic mass is 35.5. The average Bonchev–Trinajstić information content (AvgIpc) is 2.60. The van der Waals surface area contributed by atoms with E-state index in [9.17, 15) is 5.11 Å². The van der Waals surface area contributed by atoms with E-state index in [-0.39, 0.29) is 5.92 Å². The van der Waals surface area contributed by atoms with Crippen LogP contribution >= 0.6 is 11.6 Å². The lowest BCUT2D eigenvalue weighted by Crippen LogP contribution is -2.43. The summed E-state index contributed by atoms with van der Waals surface area (Å²) in [7, 11) is 1.81. The third kappa shape index (κ3) is 1.97. The third-order valence-electron chi connectivity index (χ3n) is 3.47. The lowest BCUT2D eigenvalue weighted by Gasteiger charge is -2.36. The van der Waals surface area contributed by atoms with E-state index in [0.29, 0.717) is 10.7 Å². The van der Waals surface area contributed by atoms with Crippen molar-refractivity contribution in [3.8, 4) is 0 Å². The molecular weight excluding hydrogens is 226 g/mol. The Morgan fingerprint density at radius 1 is 1.69 bits per heavy atom. The maximum atomic E-state index is 10.7. The summed E-state index contributed by atoms with van der Waals surface area (Å²) in [4.78, 5) is 0. The highest BCUT2D eigenvalue weighted by Gasteiger charge is 2.38. The van der Waals surface area contributed by atoms with Gasteiger partial charge in [-0.3, -0.25) is 4.68 Å². The van der Waals surface area contributed by atoms with E-state index in [4.69, 9.17) is 11.6 Å². The molecule has 0 amide bonds. The molecule has 1 aromatic heterocycles. The van der Waals surface area contributed by atoms with E-state index >= 15 is 0 Å². The second-order valence-corrected chi connectivity index (χ2v) is 5.06. The molecule has 90 valence electrons. The van der Waals surface area contributed by atoms with Crippen LogP contribution in [0.5, 0.6) is 0 Å². The average molecular weight is 244 g/mol. The molecule has 1 aromatic rings. The molecule has 1 aliphatic heterocycles.